The van der Waals surface area contributed by atoms with Crippen molar-refractivity contribution >= 4 is 11.8 Å². The number of rotatable bonds is 2. The van der Waals surface area contributed by atoms with Gasteiger partial charge in [0, 0.05) is 11.5 Å². The first-order valence-corrected chi connectivity index (χ1v) is 12.5. The Kier molecular flexibility index (Phi) is 5.03. The summed E-state index contributed by atoms with van der Waals surface area (Å²) in [6.45, 7) is 15.8. The van der Waals surface area contributed by atoms with Crippen LogP contribution in [0.2, 0.25) is 0 Å². The Balaban J connectivity index is 1.72. The molecule has 5 rings (SSSR count). The molecular weight excluding hydrogens is 432 g/mol. The van der Waals surface area contributed by atoms with Gasteiger partial charge in [0.05, 0.1) is 12.0 Å². The van der Waals surface area contributed by atoms with E-state index in [1.807, 2.05) is 32.9 Å². The predicted molar refractivity (Wildman–Crippen MR) is 126 cm³/mol. The monoisotopic (exact) mass is 470 g/mol. The van der Waals surface area contributed by atoms with Crippen molar-refractivity contribution in [3.8, 4) is 0 Å². The van der Waals surface area contributed by atoms with E-state index in [2.05, 4.69) is 20.8 Å². The van der Waals surface area contributed by atoms with Gasteiger partial charge in [-0.1, -0.05) is 39.0 Å². The Morgan fingerprint density at radius 2 is 1.94 bits per heavy atom. The number of allylic oxidation sites excluding steroid dienone is 2. The number of carbonyl (C=O) groups is 2. The second-order valence-corrected chi connectivity index (χ2v) is 12.2. The van der Waals surface area contributed by atoms with Crippen molar-refractivity contribution in [2.75, 3.05) is 6.61 Å². The first kappa shape index (κ1) is 24.0. The minimum Gasteiger partial charge on any atom is -0.451 e. The van der Waals surface area contributed by atoms with Crippen LogP contribution in [-0.2, 0) is 23.8 Å². The molecule has 0 aromatic carbocycles. The summed E-state index contributed by atoms with van der Waals surface area (Å²) >= 11 is 0. The zero-order valence-corrected chi connectivity index (χ0v) is 21.6. The molecule has 0 radical (unpaired) electrons. The van der Waals surface area contributed by atoms with Gasteiger partial charge in [-0.15, -0.1) is 0 Å². The van der Waals surface area contributed by atoms with E-state index in [9.17, 15) is 14.7 Å². The number of ether oxygens (including phenoxy) is 3. The smallest absolute Gasteiger partial charge is 0.334 e. The second-order valence-electron chi connectivity index (χ2n) is 12.2. The van der Waals surface area contributed by atoms with Gasteiger partial charge < -0.3 is 19.3 Å². The molecule has 0 amide bonds. The van der Waals surface area contributed by atoms with Crippen molar-refractivity contribution in [1.29, 1.82) is 0 Å². The predicted octanol–water partition coefficient (Wildman–Crippen LogP) is 4.13. The van der Waals surface area contributed by atoms with E-state index >= 15 is 0 Å². The van der Waals surface area contributed by atoms with Crippen molar-refractivity contribution in [3.05, 3.63) is 34.9 Å². The molecule has 186 valence electrons. The highest BCUT2D eigenvalue weighted by atomic mass is 16.7. The van der Waals surface area contributed by atoms with E-state index in [4.69, 9.17) is 14.2 Å². The van der Waals surface area contributed by atoms with E-state index in [-0.39, 0.29) is 35.6 Å². The summed E-state index contributed by atoms with van der Waals surface area (Å²) in [6.07, 6.45) is 4.62. The number of fused-ring (bicyclic) bond motifs is 5. The largest absolute Gasteiger partial charge is 0.451 e. The molecule has 6 nitrogen and oxygen atoms in total. The maximum atomic E-state index is 14.6. The number of Topliss-reactive ketones (excluding diaryl/α,β-unsaturated/α-hetero) is 1. The van der Waals surface area contributed by atoms with Crippen LogP contribution in [0.5, 0.6) is 0 Å². The van der Waals surface area contributed by atoms with E-state index in [0.29, 0.717) is 17.1 Å². The Morgan fingerprint density at radius 3 is 2.59 bits per heavy atom. The zero-order chi connectivity index (χ0) is 25.0. The van der Waals surface area contributed by atoms with E-state index < -0.39 is 35.0 Å². The topological polar surface area (TPSA) is 82.1 Å². The SMILES string of the molecule is C/C=C(/C)C(=O)O[C@@H]1C(C)=C[C@@]23C(=O)[C@H](C=C4COC(C)(C)O[C@@H]4[C@]12O)[C@@H]1[C@H](C[C@@H]3C)C1(C)C. The van der Waals surface area contributed by atoms with Gasteiger partial charge in [0.15, 0.2) is 23.3 Å². The number of carbonyl (C=O) groups excluding carboxylic acids is 2. The lowest BCUT2D eigenvalue weighted by Gasteiger charge is -2.52. The highest BCUT2D eigenvalue weighted by Crippen LogP contribution is 2.72. The maximum Gasteiger partial charge on any atom is 0.334 e. The van der Waals surface area contributed by atoms with Crippen LogP contribution in [-0.4, -0.2) is 47.1 Å². The summed E-state index contributed by atoms with van der Waals surface area (Å²) in [5.41, 5.74) is -0.994. The molecule has 0 aromatic heterocycles. The number of ketones is 1. The van der Waals surface area contributed by atoms with E-state index in [0.717, 1.165) is 12.0 Å². The van der Waals surface area contributed by atoms with Gasteiger partial charge in [-0.3, -0.25) is 4.79 Å². The molecule has 4 aliphatic carbocycles. The van der Waals surface area contributed by atoms with E-state index in [1.165, 1.54) is 0 Å². The minimum atomic E-state index is -1.76. The molecule has 8 atom stereocenters. The average molecular weight is 471 g/mol. The molecule has 0 aromatic rings. The van der Waals surface area contributed by atoms with Crippen LogP contribution in [0.25, 0.3) is 0 Å². The van der Waals surface area contributed by atoms with Gasteiger partial charge in [0.25, 0.3) is 0 Å². The molecule has 0 unspecified atom stereocenters. The molecule has 34 heavy (non-hydrogen) atoms. The summed E-state index contributed by atoms with van der Waals surface area (Å²) in [7, 11) is 0. The molecule has 2 saturated carbocycles. The van der Waals surface area contributed by atoms with Gasteiger partial charge in [0.1, 0.15) is 6.10 Å². The average Bonchev–Trinajstić information content (AvgIpc) is 3.25. The number of hydrogen-bond donors (Lipinski definition) is 1. The fourth-order valence-corrected chi connectivity index (χ4v) is 7.62. The van der Waals surface area contributed by atoms with Crippen LogP contribution < -0.4 is 0 Å². The molecule has 6 heteroatoms. The summed E-state index contributed by atoms with van der Waals surface area (Å²) in [5.74, 6) is -1.30. The molecule has 1 aliphatic heterocycles. The van der Waals surface area contributed by atoms with Crippen molar-refractivity contribution < 1.29 is 28.9 Å². The number of esters is 1. The molecule has 1 N–H and O–H groups in total. The van der Waals surface area contributed by atoms with Crippen LogP contribution in [0, 0.1) is 34.5 Å². The van der Waals surface area contributed by atoms with Crippen molar-refractivity contribution in [2.24, 2.45) is 34.5 Å². The second kappa shape index (κ2) is 7.14. The lowest BCUT2D eigenvalue weighted by Crippen LogP contribution is -2.68. The Hall–Kier alpha value is -1.76. The summed E-state index contributed by atoms with van der Waals surface area (Å²) in [5, 5.41) is 12.9. The normalized spacial score (nSPS) is 46.1. The van der Waals surface area contributed by atoms with E-state index in [1.54, 1.807) is 19.9 Å². The van der Waals surface area contributed by atoms with Crippen LogP contribution in [0.3, 0.4) is 0 Å². The minimum absolute atomic E-state index is 0.0181. The van der Waals surface area contributed by atoms with Gasteiger partial charge in [-0.2, -0.15) is 0 Å². The highest BCUT2D eigenvalue weighted by Gasteiger charge is 2.77. The summed E-state index contributed by atoms with van der Waals surface area (Å²) in [4.78, 5) is 27.5. The van der Waals surface area contributed by atoms with Gasteiger partial charge in [0.2, 0.25) is 0 Å². The lowest BCUT2D eigenvalue weighted by atomic mass is 9.59. The molecule has 3 fully saturated rings. The van der Waals surface area contributed by atoms with Crippen molar-refractivity contribution in [3.63, 3.8) is 0 Å². The number of hydrogen-bond acceptors (Lipinski definition) is 6. The van der Waals surface area contributed by atoms with Crippen LogP contribution in [0.4, 0.5) is 0 Å². The Labute approximate surface area is 202 Å². The van der Waals surface area contributed by atoms with Crippen LogP contribution in [0.15, 0.2) is 34.9 Å². The fraction of sp³-hybridized carbons (Fsp3) is 0.714. The zero-order valence-electron chi connectivity index (χ0n) is 21.6. The molecule has 2 bridgehead atoms. The molecule has 5 aliphatic rings. The maximum absolute atomic E-state index is 14.6. The third-order valence-electron chi connectivity index (χ3n) is 9.65. The number of aliphatic hydroxyl groups is 1. The van der Waals surface area contributed by atoms with Gasteiger partial charge in [-0.25, -0.2) is 4.79 Å². The summed E-state index contributed by atoms with van der Waals surface area (Å²) in [6, 6.07) is 0. The highest BCUT2D eigenvalue weighted by molar-refractivity contribution is 5.96. The van der Waals surface area contributed by atoms with Crippen LogP contribution >= 0.6 is 0 Å². The van der Waals surface area contributed by atoms with Crippen molar-refractivity contribution in [1.82, 2.24) is 0 Å². The molecule has 1 spiro atoms. The van der Waals surface area contributed by atoms with Crippen LogP contribution in [0.1, 0.15) is 61.8 Å². The fourth-order valence-electron chi connectivity index (χ4n) is 7.62. The molecular formula is C28H38O6. The quantitative estimate of drug-likeness (QED) is 0.371. The Morgan fingerprint density at radius 1 is 1.26 bits per heavy atom. The molecule has 1 saturated heterocycles. The third kappa shape index (κ3) is 2.85. The molecule has 1 heterocycles. The lowest BCUT2D eigenvalue weighted by molar-refractivity contribution is -0.303. The Bertz CT molecular complexity index is 1050. The standard InChI is InChI=1S/C28H38O6/c1-9-14(2)24(30)33-22-15(3)12-27-16(4)10-19-20(25(19,5)6)18(21(27)29)11-17-13-32-26(7,8)34-23(17)28(22,27)31/h9,11-12,16,18-20,22-23,31H,10,13H2,1-8H3/b14-9-/t16-,18+,19-,20+,22+,23-,27+,28+/m0/s1. The third-order valence-corrected chi connectivity index (χ3v) is 9.65. The van der Waals surface area contributed by atoms with Crippen molar-refractivity contribution in [2.45, 2.75) is 85.4 Å². The van der Waals surface area contributed by atoms with Gasteiger partial charge in [-0.05, 0) is 75.4 Å². The summed E-state index contributed by atoms with van der Waals surface area (Å²) < 4.78 is 18.4. The first-order valence-electron chi connectivity index (χ1n) is 12.5. The first-order chi connectivity index (χ1) is 15.7. The van der Waals surface area contributed by atoms with Gasteiger partial charge >= 0.3 is 5.97 Å².